The zero-order valence-electron chi connectivity index (χ0n) is 13.8. The number of nitrogens with one attached hydrogen (secondary N) is 1. The molecule has 1 rings (SSSR count). The van der Waals surface area contributed by atoms with Crippen molar-refractivity contribution in [2.45, 2.75) is 46.1 Å². The summed E-state index contributed by atoms with van der Waals surface area (Å²) in [5, 5.41) is 11.5. The lowest BCUT2D eigenvalue weighted by atomic mass is 9.87. The lowest BCUT2D eigenvalue weighted by Gasteiger charge is -2.19. The van der Waals surface area contributed by atoms with Crippen LogP contribution in [0.5, 0.6) is 5.75 Å². The van der Waals surface area contributed by atoms with Crippen LogP contribution in [-0.4, -0.2) is 29.6 Å². The van der Waals surface area contributed by atoms with E-state index in [1.54, 1.807) is 13.8 Å². The first-order chi connectivity index (χ1) is 10.1. The molecule has 0 aromatic heterocycles. The second kappa shape index (κ2) is 7.29. The van der Waals surface area contributed by atoms with E-state index in [2.05, 4.69) is 26.1 Å². The zero-order chi connectivity index (χ0) is 16.9. The highest BCUT2D eigenvalue weighted by Gasteiger charge is 2.23. The van der Waals surface area contributed by atoms with Crippen LogP contribution in [0.4, 0.5) is 0 Å². The summed E-state index contributed by atoms with van der Waals surface area (Å²) >= 11 is 0. The van der Waals surface area contributed by atoms with E-state index in [0.29, 0.717) is 5.75 Å². The normalized spacial score (nSPS) is 12.8. The number of hydrogen-bond donors (Lipinski definition) is 2. The van der Waals surface area contributed by atoms with E-state index >= 15 is 0 Å². The molecule has 1 aromatic rings. The number of rotatable bonds is 6. The van der Waals surface area contributed by atoms with Gasteiger partial charge in [-0.2, -0.15) is 0 Å². The van der Waals surface area contributed by atoms with Crippen molar-refractivity contribution in [3.05, 3.63) is 29.8 Å². The molecule has 0 bridgehead atoms. The molecule has 1 aromatic carbocycles. The van der Waals surface area contributed by atoms with Gasteiger partial charge in [0.1, 0.15) is 11.8 Å². The van der Waals surface area contributed by atoms with Crippen LogP contribution in [-0.2, 0) is 15.0 Å². The van der Waals surface area contributed by atoms with Crippen LogP contribution < -0.4 is 10.1 Å². The topological polar surface area (TPSA) is 75.6 Å². The van der Waals surface area contributed by atoms with Gasteiger partial charge in [-0.15, -0.1) is 0 Å². The fourth-order valence-electron chi connectivity index (χ4n) is 1.93. The molecule has 5 heteroatoms. The Kier molecular flexibility index (Phi) is 5.97. The van der Waals surface area contributed by atoms with Gasteiger partial charge in [-0.25, -0.2) is 4.79 Å². The van der Waals surface area contributed by atoms with Gasteiger partial charge in [0, 0.05) is 0 Å². The maximum Gasteiger partial charge on any atom is 0.326 e. The molecule has 5 nitrogen and oxygen atoms in total. The molecule has 0 fully saturated rings. The Morgan fingerprint density at radius 1 is 1.18 bits per heavy atom. The second-order valence-corrected chi connectivity index (χ2v) is 6.69. The molecular formula is C17H25NO4. The quantitative estimate of drug-likeness (QED) is 0.847. The molecule has 0 unspecified atom stereocenters. The smallest absolute Gasteiger partial charge is 0.326 e. The van der Waals surface area contributed by atoms with Crippen LogP contribution in [0.15, 0.2) is 24.3 Å². The highest BCUT2D eigenvalue weighted by molar-refractivity contribution is 5.84. The Morgan fingerprint density at radius 3 is 2.14 bits per heavy atom. The molecule has 0 spiro atoms. The highest BCUT2D eigenvalue weighted by atomic mass is 16.5. The minimum absolute atomic E-state index is 0.0574. The number of carboxylic acids is 1. The van der Waals surface area contributed by atoms with Crippen molar-refractivity contribution in [1.82, 2.24) is 5.32 Å². The maximum absolute atomic E-state index is 11.8. The zero-order valence-corrected chi connectivity index (χ0v) is 13.8. The summed E-state index contributed by atoms with van der Waals surface area (Å²) in [5.74, 6) is -1.09. The van der Waals surface area contributed by atoms with Crippen LogP contribution in [0, 0.1) is 5.92 Å². The molecule has 1 amide bonds. The first kappa shape index (κ1) is 18.0. The largest absolute Gasteiger partial charge is 0.484 e. The number of amides is 1. The van der Waals surface area contributed by atoms with E-state index in [-0.39, 0.29) is 17.9 Å². The summed E-state index contributed by atoms with van der Waals surface area (Å²) in [7, 11) is 0. The van der Waals surface area contributed by atoms with E-state index in [0.717, 1.165) is 0 Å². The van der Waals surface area contributed by atoms with E-state index < -0.39 is 17.9 Å². The number of hydrogen-bond acceptors (Lipinski definition) is 3. The van der Waals surface area contributed by atoms with Crippen molar-refractivity contribution < 1.29 is 19.4 Å². The second-order valence-electron chi connectivity index (χ2n) is 6.69. The standard InChI is InChI=1S/C17H25NO4/c1-11(2)15(16(20)21)18-14(19)10-22-13-8-6-12(7-9-13)17(3,4)5/h6-9,11,15H,10H2,1-5H3,(H,18,19)(H,20,21)/t15-/m0/s1. The van der Waals surface area contributed by atoms with E-state index in [9.17, 15) is 9.59 Å². The minimum atomic E-state index is -1.04. The van der Waals surface area contributed by atoms with Gasteiger partial charge in [0.15, 0.2) is 6.61 Å². The van der Waals surface area contributed by atoms with Crippen LogP contribution in [0.1, 0.15) is 40.2 Å². The summed E-state index contributed by atoms with van der Waals surface area (Å²) in [6, 6.07) is 6.64. The molecule has 0 saturated carbocycles. The fourth-order valence-corrected chi connectivity index (χ4v) is 1.93. The summed E-state index contributed by atoms with van der Waals surface area (Å²) in [6.07, 6.45) is 0. The molecule has 0 aliphatic rings. The third-order valence-electron chi connectivity index (χ3n) is 3.34. The molecule has 2 N–H and O–H groups in total. The Labute approximate surface area is 131 Å². The molecular weight excluding hydrogens is 282 g/mol. The lowest BCUT2D eigenvalue weighted by Crippen LogP contribution is -2.46. The third kappa shape index (κ3) is 5.39. The van der Waals surface area contributed by atoms with Crippen LogP contribution in [0.25, 0.3) is 0 Å². The third-order valence-corrected chi connectivity index (χ3v) is 3.34. The van der Waals surface area contributed by atoms with Crippen molar-refractivity contribution >= 4 is 11.9 Å². The summed E-state index contributed by atoms with van der Waals surface area (Å²) < 4.78 is 5.39. The number of benzene rings is 1. The van der Waals surface area contributed by atoms with Crippen molar-refractivity contribution in [2.24, 2.45) is 5.92 Å². The van der Waals surface area contributed by atoms with Crippen molar-refractivity contribution in [2.75, 3.05) is 6.61 Å². The van der Waals surface area contributed by atoms with Gasteiger partial charge in [-0.3, -0.25) is 4.79 Å². The molecule has 1 atom stereocenters. The van der Waals surface area contributed by atoms with Gasteiger partial charge in [0.25, 0.3) is 5.91 Å². The number of ether oxygens (including phenoxy) is 1. The SMILES string of the molecule is CC(C)[C@H](NC(=O)COc1ccc(C(C)(C)C)cc1)C(=O)O. The average molecular weight is 307 g/mol. The summed E-state index contributed by atoms with van der Waals surface area (Å²) in [4.78, 5) is 22.8. The van der Waals surface area contributed by atoms with Crippen LogP contribution in [0.3, 0.4) is 0 Å². The Morgan fingerprint density at radius 2 is 1.73 bits per heavy atom. The van der Waals surface area contributed by atoms with Gasteiger partial charge in [0.05, 0.1) is 0 Å². The number of carboxylic acid groups (broad SMARTS) is 1. The molecule has 0 saturated heterocycles. The average Bonchev–Trinajstić information content (AvgIpc) is 2.41. The maximum atomic E-state index is 11.8. The molecule has 122 valence electrons. The van der Waals surface area contributed by atoms with Gasteiger partial charge >= 0.3 is 5.97 Å². The van der Waals surface area contributed by atoms with E-state index in [4.69, 9.17) is 9.84 Å². The van der Waals surface area contributed by atoms with E-state index in [1.807, 2.05) is 24.3 Å². The molecule has 0 aliphatic carbocycles. The summed E-state index contributed by atoms with van der Waals surface area (Å²) in [6.45, 7) is 9.64. The molecule has 0 radical (unpaired) electrons. The highest BCUT2D eigenvalue weighted by Crippen LogP contribution is 2.24. The predicted molar refractivity (Wildman–Crippen MR) is 85.0 cm³/mol. The predicted octanol–water partition coefficient (Wildman–Crippen LogP) is 2.59. The van der Waals surface area contributed by atoms with Crippen LogP contribution >= 0.6 is 0 Å². The number of aliphatic carboxylic acids is 1. The first-order valence-electron chi connectivity index (χ1n) is 7.36. The molecule has 0 heterocycles. The minimum Gasteiger partial charge on any atom is -0.484 e. The fraction of sp³-hybridized carbons (Fsp3) is 0.529. The number of carbonyl (C=O) groups is 2. The van der Waals surface area contributed by atoms with Crippen LogP contribution in [0.2, 0.25) is 0 Å². The Hall–Kier alpha value is -2.04. The van der Waals surface area contributed by atoms with Gasteiger partial charge < -0.3 is 15.2 Å². The molecule has 22 heavy (non-hydrogen) atoms. The van der Waals surface area contributed by atoms with E-state index in [1.165, 1.54) is 5.56 Å². The van der Waals surface area contributed by atoms with Gasteiger partial charge in [-0.05, 0) is 29.0 Å². The van der Waals surface area contributed by atoms with Crippen molar-refractivity contribution in [3.8, 4) is 5.75 Å². The van der Waals surface area contributed by atoms with Crippen molar-refractivity contribution in [3.63, 3.8) is 0 Å². The van der Waals surface area contributed by atoms with Crippen molar-refractivity contribution in [1.29, 1.82) is 0 Å². The molecule has 0 aliphatic heterocycles. The Bertz CT molecular complexity index is 514. The van der Waals surface area contributed by atoms with Gasteiger partial charge in [-0.1, -0.05) is 46.8 Å². The monoisotopic (exact) mass is 307 g/mol. The Balaban J connectivity index is 2.55. The lowest BCUT2D eigenvalue weighted by molar-refractivity contribution is -0.143. The first-order valence-corrected chi connectivity index (χ1v) is 7.36. The van der Waals surface area contributed by atoms with Gasteiger partial charge in [0.2, 0.25) is 0 Å². The number of carbonyl (C=O) groups excluding carboxylic acids is 1. The summed E-state index contributed by atoms with van der Waals surface area (Å²) in [5.41, 5.74) is 1.23.